The number of amides is 3. The minimum Gasteiger partial charge on any atom is -0.326 e. The van der Waals surface area contributed by atoms with Crippen molar-refractivity contribution in [1.82, 2.24) is 10.2 Å². The maximum atomic E-state index is 12.2. The molecule has 1 N–H and O–H groups in total. The monoisotopic (exact) mass is 264 g/mol. The topological polar surface area (TPSA) is 49.4 Å². The molecule has 102 valence electrons. The van der Waals surface area contributed by atoms with Crippen LogP contribution in [0.5, 0.6) is 0 Å². The summed E-state index contributed by atoms with van der Waals surface area (Å²) >= 11 is 0. The van der Waals surface area contributed by atoms with Gasteiger partial charge in [0.1, 0.15) is 12.6 Å². The van der Waals surface area contributed by atoms with E-state index < -0.39 is 30.7 Å². The van der Waals surface area contributed by atoms with E-state index in [9.17, 15) is 22.8 Å². The third-order valence-corrected chi connectivity index (χ3v) is 3.51. The van der Waals surface area contributed by atoms with Crippen molar-refractivity contribution in [2.45, 2.75) is 44.3 Å². The number of imide groups is 1. The van der Waals surface area contributed by atoms with Crippen LogP contribution in [0.15, 0.2) is 0 Å². The van der Waals surface area contributed by atoms with E-state index in [4.69, 9.17) is 0 Å². The Morgan fingerprint density at radius 1 is 1.17 bits per heavy atom. The Balaban J connectivity index is 2.04. The highest BCUT2D eigenvalue weighted by Gasteiger charge is 2.46. The standard InChI is InChI=1S/C11H15F3N2O2/c12-11(13,14)6-16-9(17)8(15-10(16)18)7-4-2-1-3-5-7/h7-8H,1-6H2,(H,15,18). The van der Waals surface area contributed by atoms with E-state index in [1.807, 2.05) is 0 Å². The first kappa shape index (κ1) is 13.2. The summed E-state index contributed by atoms with van der Waals surface area (Å²) in [5.74, 6) is -0.752. The van der Waals surface area contributed by atoms with Crippen molar-refractivity contribution in [2.24, 2.45) is 5.92 Å². The van der Waals surface area contributed by atoms with Crippen LogP contribution in [0.2, 0.25) is 0 Å². The van der Waals surface area contributed by atoms with Crippen LogP contribution in [-0.2, 0) is 4.79 Å². The van der Waals surface area contributed by atoms with Crippen LogP contribution in [0.3, 0.4) is 0 Å². The van der Waals surface area contributed by atoms with Gasteiger partial charge in [0.25, 0.3) is 5.91 Å². The lowest BCUT2D eigenvalue weighted by atomic mass is 9.84. The van der Waals surface area contributed by atoms with E-state index >= 15 is 0 Å². The number of halogens is 3. The Morgan fingerprint density at radius 2 is 1.78 bits per heavy atom. The van der Waals surface area contributed by atoms with E-state index in [0.29, 0.717) is 0 Å². The van der Waals surface area contributed by atoms with Gasteiger partial charge < -0.3 is 5.32 Å². The Morgan fingerprint density at radius 3 is 2.33 bits per heavy atom. The first-order valence-corrected chi connectivity index (χ1v) is 6.07. The lowest BCUT2D eigenvalue weighted by Gasteiger charge is -2.25. The number of alkyl halides is 3. The van der Waals surface area contributed by atoms with Crippen LogP contribution in [0, 0.1) is 5.92 Å². The summed E-state index contributed by atoms with van der Waals surface area (Å²) in [4.78, 5) is 23.5. The van der Waals surface area contributed by atoms with Crippen molar-refractivity contribution >= 4 is 11.9 Å². The van der Waals surface area contributed by atoms with Crippen molar-refractivity contribution in [3.8, 4) is 0 Å². The molecule has 2 aliphatic rings. The number of rotatable bonds is 2. The second-order valence-electron chi connectivity index (χ2n) is 4.86. The molecule has 2 rings (SSSR count). The van der Waals surface area contributed by atoms with E-state index in [-0.39, 0.29) is 10.8 Å². The van der Waals surface area contributed by atoms with Gasteiger partial charge in [0, 0.05) is 0 Å². The van der Waals surface area contributed by atoms with Crippen LogP contribution in [0.1, 0.15) is 32.1 Å². The molecule has 1 atom stereocenters. The van der Waals surface area contributed by atoms with Crippen LogP contribution in [0.4, 0.5) is 18.0 Å². The molecule has 7 heteroatoms. The number of carbonyl (C=O) groups excluding carboxylic acids is 2. The van der Waals surface area contributed by atoms with Gasteiger partial charge in [-0.05, 0) is 18.8 Å². The molecule has 0 aromatic carbocycles. The van der Waals surface area contributed by atoms with Gasteiger partial charge in [-0.15, -0.1) is 0 Å². The zero-order valence-corrected chi connectivity index (χ0v) is 9.79. The number of hydrogen-bond donors (Lipinski definition) is 1. The molecule has 1 heterocycles. The third-order valence-electron chi connectivity index (χ3n) is 3.51. The summed E-state index contributed by atoms with van der Waals surface area (Å²) < 4.78 is 36.7. The molecule has 0 aromatic rings. The van der Waals surface area contributed by atoms with E-state index in [1.165, 1.54) is 0 Å². The molecule has 1 saturated carbocycles. The first-order valence-electron chi connectivity index (χ1n) is 6.07. The summed E-state index contributed by atoms with van der Waals surface area (Å²) in [6.45, 7) is -1.50. The van der Waals surface area contributed by atoms with E-state index in [1.54, 1.807) is 0 Å². The molecule has 0 spiro atoms. The SMILES string of the molecule is O=C1NC(C2CCCCC2)C(=O)N1CC(F)(F)F. The molecule has 4 nitrogen and oxygen atoms in total. The fourth-order valence-electron chi connectivity index (χ4n) is 2.66. The number of nitrogens with zero attached hydrogens (tertiary/aromatic N) is 1. The highest BCUT2D eigenvalue weighted by molar-refractivity contribution is 6.04. The van der Waals surface area contributed by atoms with Gasteiger partial charge in [-0.1, -0.05) is 19.3 Å². The van der Waals surface area contributed by atoms with Crippen LogP contribution in [-0.4, -0.2) is 35.6 Å². The summed E-state index contributed by atoms with van der Waals surface area (Å²) in [6.07, 6.45) is 0.0341. The summed E-state index contributed by atoms with van der Waals surface area (Å²) in [5.41, 5.74) is 0. The average molecular weight is 264 g/mol. The number of urea groups is 1. The molecule has 18 heavy (non-hydrogen) atoms. The molecule has 1 aliphatic heterocycles. The second-order valence-corrected chi connectivity index (χ2v) is 4.86. The molecular weight excluding hydrogens is 249 g/mol. The fourth-order valence-corrected chi connectivity index (χ4v) is 2.66. The molecular formula is C11H15F3N2O2. The highest BCUT2D eigenvalue weighted by Crippen LogP contribution is 2.30. The molecule has 0 bridgehead atoms. The summed E-state index contributed by atoms with van der Waals surface area (Å²) in [7, 11) is 0. The normalized spacial score (nSPS) is 26.6. The van der Waals surface area contributed by atoms with Crippen LogP contribution in [0.25, 0.3) is 0 Å². The predicted molar refractivity (Wildman–Crippen MR) is 56.7 cm³/mol. The van der Waals surface area contributed by atoms with Gasteiger partial charge >= 0.3 is 12.2 Å². The fraction of sp³-hybridized carbons (Fsp3) is 0.818. The van der Waals surface area contributed by atoms with Gasteiger partial charge in [-0.2, -0.15) is 13.2 Å². The lowest BCUT2D eigenvalue weighted by molar-refractivity contribution is -0.153. The maximum Gasteiger partial charge on any atom is 0.406 e. The quantitative estimate of drug-likeness (QED) is 0.776. The molecule has 1 unspecified atom stereocenters. The van der Waals surface area contributed by atoms with Crippen molar-refractivity contribution < 1.29 is 22.8 Å². The van der Waals surface area contributed by atoms with E-state index in [0.717, 1.165) is 32.1 Å². The molecule has 3 amide bonds. The van der Waals surface area contributed by atoms with Crippen molar-refractivity contribution in [3.05, 3.63) is 0 Å². The average Bonchev–Trinajstić information content (AvgIpc) is 2.56. The second kappa shape index (κ2) is 4.78. The van der Waals surface area contributed by atoms with E-state index in [2.05, 4.69) is 5.32 Å². The number of carbonyl (C=O) groups is 2. The molecule has 0 radical (unpaired) electrons. The Bertz CT molecular complexity index is 351. The number of nitrogens with one attached hydrogen (secondary N) is 1. The number of hydrogen-bond acceptors (Lipinski definition) is 2. The summed E-state index contributed by atoms with van der Waals surface area (Å²) in [5, 5.41) is 2.38. The minimum absolute atomic E-state index is 0.0200. The van der Waals surface area contributed by atoms with Gasteiger partial charge in [-0.25, -0.2) is 4.79 Å². The third kappa shape index (κ3) is 2.76. The smallest absolute Gasteiger partial charge is 0.326 e. The largest absolute Gasteiger partial charge is 0.406 e. The Labute approximate surface area is 103 Å². The van der Waals surface area contributed by atoms with Gasteiger partial charge in [0.05, 0.1) is 0 Å². The zero-order valence-electron chi connectivity index (χ0n) is 9.79. The minimum atomic E-state index is -4.55. The highest BCUT2D eigenvalue weighted by atomic mass is 19.4. The molecule has 1 aliphatic carbocycles. The molecule has 0 aromatic heterocycles. The first-order chi connectivity index (χ1) is 8.38. The Hall–Kier alpha value is -1.27. The van der Waals surface area contributed by atoms with Crippen LogP contribution < -0.4 is 5.32 Å². The summed E-state index contributed by atoms with van der Waals surface area (Å²) in [6, 6.07) is -1.69. The molecule has 2 fully saturated rings. The maximum absolute atomic E-state index is 12.2. The lowest BCUT2D eigenvalue weighted by Crippen LogP contribution is -2.40. The zero-order chi connectivity index (χ0) is 13.3. The predicted octanol–water partition coefficient (Wildman–Crippen LogP) is 2.05. The van der Waals surface area contributed by atoms with Gasteiger partial charge in [0.15, 0.2) is 0 Å². The van der Waals surface area contributed by atoms with Crippen LogP contribution >= 0.6 is 0 Å². The van der Waals surface area contributed by atoms with Crippen molar-refractivity contribution in [3.63, 3.8) is 0 Å². The van der Waals surface area contributed by atoms with Gasteiger partial charge in [-0.3, -0.25) is 9.69 Å². The molecule has 1 saturated heterocycles. The van der Waals surface area contributed by atoms with Crippen molar-refractivity contribution in [2.75, 3.05) is 6.54 Å². The van der Waals surface area contributed by atoms with Crippen molar-refractivity contribution in [1.29, 1.82) is 0 Å². The van der Waals surface area contributed by atoms with Gasteiger partial charge in [0.2, 0.25) is 0 Å². The Kier molecular flexibility index (Phi) is 3.49.